The molecule has 3 aromatic rings. The van der Waals surface area contributed by atoms with Crippen LogP contribution in [0, 0.1) is 0 Å². The van der Waals surface area contributed by atoms with Gasteiger partial charge in [-0.25, -0.2) is 0 Å². The zero-order valence-corrected chi connectivity index (χ0v) is 17.4. The summed E-state index contributed by atoms with van der Waals surface area (Å²) in [7, 11) is 1.65. The Hall–Kier alpha value is -3.12. The third-order valence-corrected chi connectivity index (χ3v) is 5.76. The minimum absolute atomic E-state index is 0.0149. The van der Waals surface area contributed by atoms with Crippen LogP contribution in [-0.4, -0.2) is 66.0 Å². The van der Waals surface area contributed by atoms with Crippen LogP contribution in [0.2, 0.25) is 0 Å². The maximum absolute atomic E-state index is 13.2. The van der Waals surface area contributed by atoms with Gasteiger partial charge < -0.3 is 14.8 Å². The largest absolute Gasteiger partial charge is 0.358 e. The quantitative estimate of drug-likeness (QED) is 0.711. The number of amides is 2. The van der Waals surface area contributed by atoms with Crippen LogP contribution in [0.5, 0.6) is 0 Å². The van der Waals surface area contributed by atoms with Crippen molar-refractivity contribution in [3.8, 4) is 11.3 Å². The van der Waals surface area contributed by atoms with E-state index in [-0.39, 0.29) is 11.8 Å². The van der Waals surface area contributed by atoms with Crippen LogP contribution in [0.3, 0.4) is 0 Å². The van der Waals surface area contributed by atoms with Crippen LogP contribution < -0.4 is 5.32 Å². The molecule has 0 bridgehead atoms. The summed E-state index contributed by atoms with van der Waals surface area (Å²) in [5, 5.41) is 3.81. The number of rotatable bonds is 5. The van der Waals surface area contributed by atoms with Gasteiger partial charge in [-0.15, -0.1) is 0 Å². The zero-order chi connectivity index (χ0) is 20.9. The molecule has 0 unspecified atom stereocenters. The smallest absolute Gasteiger partial charge is 0.242 e. The first kappa shape index (κ1) is 20.2. The highest BCUT2D eigenvalue weighted by molar-refractivity contribution is 5.89. The number of para-hydroxylation sites is 1. The van der Waals surface area contributed by atoms with Gasteiger partial charge in [-0.1, -0.05) is 48.5 Å². The lowest BCUT2D eigenvalue weighted by Crippen LogP contribution is -2.39. The minimum Gasteiger partial charge on any atom is -0.358 e. The Balaban J connectivity index is 1.54. The van der Waals surface area contributed by atoms with Crippen LogP contribution in [0.15, 0.2) is 60.7 Å². The number of carbonyl (C=O) groups is 2. The second-order valence-corrected chi connectivity index (χ2v) is 7.72. The first-order valence-electron chi connectivity index (χ1n) is 10.5. The van der Waals surface area contributed by atoms with E-state index in [1.54, 1.807) is 7.05 Å². The van der Waals surface area contributed by atoms with Crippen molar-refractivity contribution in [1.82, 2.24) is 19.7 Å². The predicted molar refractivity (Wildman–Crippen MR) is 119 cm³/mol. The topological polar surface area (TPSA) is 57.6 Å². The molecule has 2 aromatic carbocycles. The van der Waals surface area contributed by atoms with E-state index in [0.29, 0.717) is 19.6 Å². The molecule has 0 atom stereocenters. The summed E-state index contributed by atoms with van der Waals surface area (Å²) in [5.41, 5.74) is 3.23. The van der Waals surface area contributed by atoms with Gasteiger partial charge in [-0.3, -0.25) is 14.5 Å². The van der Waals surface area contributed by atoms with Crippen molar-refractivity contribution < 1.29 is 9.59 Å². The van der Waals surface area contributed by atoms with Crippen molar-refractivity contribution in [3.05, 3.63) is 60.7 Å². The van der Waals surface area contributed by atoms with E-state index in [4.69, 9.17) is 0 Å². The Morgan fingerprint density at radius 2 is 1.67 bits per heavy atom. The molecule has 4 rings (SSSR count). The average molecular weight is 405 g/mol. The van der Waals surface area contributed by atoms with Crippen LogP contribution in [-0.2, 0) is 16.1 Å². The summed E-state index contributed by atoms with van der Waals surface area (Å²) in [6, 6.07) is 20.6. The fourth-order valence-corrected chi connectivity index (χ4v) is 4.12. The zero-order valence-electron chi connectivity index (χ0n) is 17.4. The molecule has 0 spiro atoms. The lowest BCUT2D eigenvalue weighted by atomic mass is 10.1. The number of hydrogen-bond donors (Lipinski definition) is 1. The highest BCUT2D eigenvalue weighted by Crippen LogP contribution is 2.28. The number of nitrogens with zero attached hydrogens (tertiary/aromatic N) is 3. The fraction of sp³-hybridized carbons (Fsp3) is 0.333. The first-order chi connectivity index (χ1) is 14.7. The van der Waals surface area contributed by atoms with Gasteiger partial charge in [0.1, 0.15) is 6.54 Å². The number of benzene rings is 2. The van der Waals surface area contributed by atoms with Crippen LogP contribution in [0.1, 0.15) is 6.42 Å². The molecule has 1 aliphatic heterocycles. The second-order valence-electron chi connectivity index (χ2n) is 7.72. The van der Waals surface area contributed by atoms with Crippen LogP contribution in [0.4, 0.5) is 0 Å². The highest BCUT2D eigenvalue weighted by Gasteiger charge is 2.22. The maximum Gasteiger partial charge on any atom is 0.242 e. The van der Waals surface area contributed by atoms with E-state index in [0.717, 1.165) is 48.2 Å². The monoisotopic (exact) mass is 404 g/mol. The number of likely N-dealkylation sites (N-methyl/N-ethyl adjacent to an activating group) is 1. The Kier molecular flexibility index (Phi) is 6.14. The molecule has 6 heteroatoms. The third kappa shape index (κ3) is 4.39. The number of fused-ring (bicyclic) bond motifs is 1. The molecule has 2 amide bonds. The maximum atomic E-state index is 13.2. The molecule has 0 aliphatic carbocycles. The van der Waals surface area contributed by atoms with Crippen molar-refractivity contribution in [2.75, 3.05) is 39.8 Å². The van der Waals surface area contributed by atoms with E-state index < -0.39 is 0 Å². The lowest BCUT2D eigenvalue weighted by molar-refractivity contribution is -0.131. The summed E-state index contributed by atoms with van der Waals surface area (Å²) in [6.45, 7) is 3.63. The summed E-state index contributed by atoms with van der Waals surface area (Å²) in [4.78, 5) is 29.0. The molecule has 30 heavy (non-hydrogen) atoms. The van der Waals surface area contributed by atoms with Gasteiger partial charge in [0, 0.05) is 49.8 Å². The van der Waals surface area contributed by atoms with Crippen molar-refractivity contribution in [1.29, 1.82) is 0 Å². The van der Waals surface area contributed by atoms with E-state index in [1.807, 2.05) is 35.2 Å². The van der Waals surface area contributed by atoms with Crippen molar-refractivity contribution in [3.63, 3.8) is 0 Å². The summed E-state index contributed by atoms with van der Waals surface area (Å²) in [5.74, 6) is 0.136. The lowest BCUT2D eigenvalue weighted by Gasteiger charge is -2.22. The number of hydrogen-bond acceptors (Lipinski definition) is 3. The van der Waals surface area contributed by atoms with E-state index in [2.05, 4.69) is 45.1 Å². The summed E-state index contributed by atoms with van der Waals surface area (Å²) >= 11 is 0. The van der Waals surface area contributed by atoms with Gasteiger partial charge in [-0.05, 0) is 24.1 Å². The molecule has 0 radical (unpaired) electrons. The number of aromatic nitrogens is 1. The molecule has 1 saturated heterocycles. The Bertz CT molecular complexity index is 1030. The summed E-state index contributed by atoms with van der Waals surface area (Å²) in [6.07, 6.45) is 0.876. The molecule has 156 valence electrons. The molecule has 1 aromatic heterocycles. The van der Waals surface area contributed by atoms with Crippen molar-refractivity contribution in [2.45, 2.75) is 13.0 Å². The van der Waals surface area contributed by atoms with Gasteiger partial charge in [0.25, 0.3) is 0 Å². The number of nitrogens with one attached hydrogen (secondary N) is 1. The third-order valence-electron chi connectivity index (χ3n) is 5.76. The standard InChI is InChI=1S/C24H28N4O2/c1-25-23(29)17-26-12-7-13-27(15-14-26)24(30)18-28-21-11-6-5-10-20(21)16-22(28)19-8-3-2-4-9-19/h2-6,8-11,16H,7,12-15,17-18H2,1H3,(H,25,29). The van der Waals surface area contributed by atoms with Crippen LogP contribution >= 0.6 is 0 Å². The Morgan fingerprint density at radius 3 is 2.47 bits per heavy atom. The van der Waals surface area contributed by atoms with Crippen molar-refractivity contribution in [2.24, 2.45) is 0 Å². The molecule has 1 fully saturated rings. The van der Waals surface area contributed by atoms with Gasteiger partial charge in [0.05, 0.1) is 6.54 Å². The van der Waals surface area contributed by atoms with Gasteiger partial charge in [0.15, 0.2) is 0 Å². The van der Waals surface area contributed by atoms with Gasteiger partial charge >= 0.3 is 0 Å². The Labute approximate surface area is 177 Å². The van der Waals surface area contributed by atoms with E-state index in [1.165, 1.54) is 0 Å². The fourth-order valence-electron chi connectivity index (χ4n) is 4.12. The van der Waals surface area contributed by atoms with Gasteiger partial charge in [0.2, 0.25) is 11.8 Å². The molecule has 1 N–H and O–H groups in total. The van der Waals surface area contributed by atoms with Crippen LogP contribution in [0.25, 0.3) is 22.2 Å². The van der Waals surface area contributed by atoms with E-state index in [9.17, 15) is 9.59 Å². The SMILES string of the molecule is CNC(=O)CN1CCCN(C(=O)Cn2c(-c3ccccc3)cc3ccccc32)CC1. The van der Waals surface area contributed by atoms with Crippen molar-refractivity contribution >= 4 is 22.7 Å². The highest BCUT2D eigenvalue weighted by atomic mass is 16.2. The first-order valence-corrected chi connectivity index (χ1v) is 10.5. The molecule has 0 saturated carbocycles. The van der Waals surface area contributed by atoms with E-state index >= 15 is 0 Å². The molecule has 2 heterocycles. The molecule has 1 aliphatic rings. The Morgan fingerprint density at radius 1 is 0.900 bits per heavy atom. The summed E-state index contributed by atoms with van der Waals surface area (Å²) < 4.78 is 2.13. The molecule has 6 nitrogen and oxygen atoms in total. The predicted octanol–water partition coefficient (Wildman–Crippen LogP) is 2.59. The second kappa shape index (κ2) is 9.13. The number of carbonyl (C=O) groups excluding carboxylic acids is 2. The molecular weight excluding hydrogens is 376 g/mol. The minimum atomic E-state index is 0.0149. The van der Waals surface area contributed by atoms with Gasteiger partial charge in [-0.2, -0.15) is 0 Å². The normalized spacial score (nSPS) is 15.2. The molecular formula is C24H28N4O2. The average Bonchev–Trinajstić information content (AvgIpc) is 2.97.